The van der Waals surface area contributed by atoms with Crippen molar-refractivity contribution in [2.45, 2.75) is 51.7 Å². The predicted octanol–water partition coefficient (Wildman–Crippen LogP) is 1.69. The Labute approximate surface area is 103 Å². The number of amides is 1. The number of methoxy groups -OCH3 is 1. The van der Waals surface area contributed by atoms with Gasteiger partial charge in [0.25, 0.3) is 0 Å². The van der Waals surface area contributed by atoms with Gasteiger partial charge in [0.15, 0.2) is 0 Å². The van der Waals surface area contributed by atoms with Crippen molar-refractivity contribution < 1.29 is 19.4 Å². The van der Waals surface area contributed by atoms with Gasteiger partial charge in [-0.05, 0) is 13.3 Å². The Balaban J connectivity index is 3.90. The Morgan fingerprint density at radius 2 is 2.18 bits per heavy atom. The Morgan fingerprint density at radius 1 is 1.47 bits per heavy atom. The van der Waals surface area contributed by atoms with Crippen LogP contribution in [0, 0.1) is 0 Å². The monoisotopic (exact) mass is 247 g/mol. The third kappa shape index (κ3) is 10.1. The van der Waals surface area contributed by atoms with Crippen molar-refractivity contribution in [1.29, 1.82) is 0 Å². The highest BCUT2D eigenvalue weighted by Crippen LogP contribution is 2.11. The molecule has 0 bridgehead atoms. The average molecular weight is 247 g/mol. The van der Waals surface area contributed by atoms with Gasteiger partial charge in [0.2, 0.25) is 0 Å². The topological polar surface area (TPSA) is 67.8 Å². The van der Waals surface area contributed by atoms with Crippen molar-refractivity contribution in [1.82, 2.24) is 5.32 Å². The van der Waals surface area contributed by atoms with E-state index in [0.29, 0.717) is 19.6 Å². The summed E-state index contributed by atoms with van der Waals surface area (Å²) in [4.78, 5) is 11.4. The molecule has 0 saturated heterocycles. The van der Waals surface area contributed by atoms with Crippen LogP contribution < -0.4 is 5.32 Å². The number of ether oxygens (including phenoxy) is 2. The standard InChI is InChI=1S/C12H25NO4/c1-4-5-6-11(9-10(2)14)17-12(15)13-7-8-16-3/h10-11,14H,4-9H2,1-3H3,(H,13,15). The van der Waals surface area contributed by atoms with E-state index >= 15 is 0 Å². The van der Waals surface area contributed by atoms with Crippen LogP contribution >= 0.6 is 0 Å². The van der Waals surface area contributed by atoms with Crippen LogP contribution in [-0.2, 0) is 9.47 Å². The highest BCUT2D eigenvalue weighted by Gasteiger charge is 2.15. The van der Waals surface area contributed by atoms with Crippen LogP contribution in [0.1, 0.15) is 39.5 Å². The molecule has 0 saturated carbocycles. The SMILES string of the molecule is CCCCC(CC(C)O)OC(=O)NCCOC. The largest absolute Gasteiger partial charge is 0.446 e. The van der Waals surface area contributed by atoms with Gasteiger partial charge in [-0.1, -0.05) is 19.8 Å². The van der Waals surface area contributed by atoms with Gasteiger partial charge in [0, 0.05) is 20.1 Å². The van der Waals surface area contributed by atoms with Gasteiger partial charge in [-0.25, -0.2) is 4.79 Å². The molecule has 2 unspecified atom stereocenters. The first kappa shape index (κ1) is 16.2. The first-order valence-corrected chi connectivity index (χ1v) is 6.21. The molecule has 0 aromatic carbocycles. The van der Waals surface area contributed by atoms with E-state index in [9.17, 15) is 9.90 Å². The zero-order chi connectivity index (χ0) is 13.1. The fraction of sp³-hybridized carbons (Fsp3) is 0.917. The number of alkyl carbamates (subject to hydrolysis) is 1. The molecule has 0 heterocycles. The molecule has 17 heavy (non-hydrogen) atoms. The number of hydrogen-bond acceptors (Lipinski definition) is 4. The Hall–Kier alpha value is -0.810. The van der Waals surface area contributed by atoms with E-state index in [4.69, 9.17) is 9.47 Å². The van der Waals surface area contributed by atoms with Gasteiger partial charge in [-0.2, -0.15) is 0 Å². The molecule has 0 radical (unpaired) electrons. The fourth-order valence-electron chi connectivity index (χ4n) is 1.49. The van der Waals surface area contributed by atoms with E-state index in [2.05, 4.69) is 12.2 Å². The summed E-state index contributed by atoms with van der Waals surface area (Å²) < 4.78 is 10.1. The second-order valence-corrected chi connectivity index (χ2v) is 4.17. The van der Waals surface area contributed by atoms with Crippen LogP contribution in [0.2, 0.25) is 0 Å². The highest BCUT2D eigenvalue weighted by atomic mass is 16.6. The molecule has 0 spiro atoms. The van der Waals surface area contributed by atoms with Gasteiger partial charge in [0.1, 0.15) is 6.10 Å². The molecule has 0 fully saturated rings. The number of nitrogens with one attached hydrogen (secondary N) is 1. The summed E-state index contributed by atoms with van der Waals surface area (Å²) in [7, 11) is 1.57. The fourth-order valence-corrected chi connectivity index (χ4v) is 1.49. The van der Waals surface area contributed by atoms with Crippen LogP contribution in [0.4, 0.5) is 4.79 Å². The van der Waals surface area contributed by atoms with Gasteiger partial charge in [-0.15, -0.1) is 0 Å². The summed E-state index contributed by atoms with van der Waals surface area (Å²) >= 11 is 0. The third-order valence-corrected chi connectivity index (χ3v) is 2.33. The van der Waals surface area contributed by atoms with Crippen LogP contribution in [0.25, 0.3) is 0 Å². The maximum atomic E-state index is 11.4. The molecule has 5 heteroatoms. The lowest BCUT2D eigenvalue weighted by atomic mass is 10.1. The molecule has 5 nitrogen and oxygen atoms in total. The van der Waals surface area contributed by atoms with E-state index in [1.165, 1.54) is 0 Å². The van der Waals surface area contributed by atoms with Crippen molar-refractivity contribution in [2.75, 3.05) is 20.3 Å². The maximum Gasteiger partial charge on any atom is 0.407 e. The predicted molar refractivity (Wildman–Crippen MR) is 66.0 cm³/mol. The number of carbonyl (C=O) groups excluding carboxylic acids is 1. The lowest BCUT2D eigenvalue weighted by molar-refractivity contribution is 0.0528. The van der Waals surface area contributed by atoms with Gasteiger partial charge in [0.05, 0.1) is 12.7 Å². The van der Waals surface area contributed by atoms with E-state index in [-0.39, 0.29) is 6.10 Å². The first-order chi connectivity index (χ1) is 8.10. The average Bonchev–Trinajstić information content (AvgIpc) is 2.25. The zero-order valence-corrected chi connectivity index (χ0v) is 11.1. The minimum absolute atomic E-state index is 0.211. The van der Waals surface area contributed by atoms with Crippen molar-refractivity contribution in [3.8, 4) is 0 Å². The molecular formula is C12H25NO4. The van der Waals surface area contributed by atoms with Gasteiger partial charge >= 0.3 is 6.09 Å². The van der Waals surface area contributed by atoms with E-state index in [1.54, 1.807) is 14.0 Å². The normalized spacial score (nSPS) is 14.1. The summed E-state index contributed by atoms with van der Waals surface area (Å²) in [6, 6.07) is 0. The van der Waals surface area contributed by atoms with Crippen molar-refractivity contribution in [3.05, 3.63) is 0 Å². The molecular weight excluding hydrogens is 222 g/mol. The Kier molecular flexibility index (Phi) is 9.86. The lowest BCUT2D eigenvalue weighted by Gasteiger charge is -2.19. The van der Waals surface area contributed by atoms with E-state index in [0.717, 1.165) is 19.3 Å². The summed E-state index contributed by atoms with van der Waals surface area (Å²) in [5, 5.41) is 11.9. The molecule has 102 valence electrons. The molecule has 2 N–H and O–H groups in total. The smallest absolute Gasteiger partial charge is 0.407 e. The zero-order valence-electron chi connectivity index (χ0n) is 11.1. The number of aliphatic hydroxyl groups excluding tert-OH is 1. The Morgan fingerprint density at radius 3 is 2.71 bits per heavy atom. The van der Waals surface area contributed by atoms with Gasteiger partial charge in [-0.3, -0.25) is 0 Å². The molecule has 0 aliphatic rings. The summed E-state index contributed by atoms with van der Waals surface area (Å²) in [5.74, 6) is 0. The summed E-state index contributed by atoms with van der Waals surface area (Å²) in [6.45, 7) is 4.68. The van der Waals surface area contributed by atoms with Crippen LogP contribution in [0.5, 0.6) is 0 Å². The third-order valence-electron chi connectivity index (χ3n) is 2.33. The molecule has 0 aliphatic carbocycles. The lowest BCUT2D eigenvalue weighted by Crippen LogP contribution is -2.32. The second-order valence-electron chi connectivity index (χ2n) is 4.17. The number of unbranched alkanes of at least 4 members (excludes halogenated alkanes) is 1. The molecule has 1 amide bonds. The molecule has 0 aromatic rings. The van der Waals surface area contributed by atoms with Crippen molar-refractivity contribution >= 4 is 6.09 Å². The maximum absolute atomic E-state index is 11.4. The van der Waals surface area contributed by atoms with Crippen LogP contribution in [-0.4, -0.2) is 43.7 Å². The number of hydrogen-bond donors (Lipinski definition) is 2. The first-order valence-electron chi connectivity index (χ1n) is 6.21. The van der Waals surface area contributed by atoms with Crippen LogP contribution in [0.3, 0.4) is 0 Å². The second kappa shape index (κ2) is 10.4. The number of aliphatic hydroxyl groups is 1. The molecule has 0 aliphatic heterocycles. The van der Waals surface area contributed by atoms with Crippen molar-refractivity contribution in [3.63, 3.8) is 0 Å². The minimum atomic E-state index is -0.455. The number of rotatable bonds is 9. The summed E-state index contributed by atoms with van der Waals surface area (Å²) in [6.07, 6.45) is 2.20. The molecule has 0 rings (SSSR count). The number of carbonyl (C=O) groups is 1. The quantitative estimate of drug-likeness (QED) is 0.608. The van der Waals surface area contributed by atoms with Crippen LogP contribution in [0.15, 0.2) is 0 Å². The highest BCUT2D eigenvalue weighted by molar-refractivity contribution is 5.67. The molecule has 2 atom stereocenters. The Bertz CT molecular complexity index is 197. The molecule has 0 aromatic heterocycles. The summed E-state index contributed by atoms with van der Waals surface area (Å²) in [5.41, 5.74) is 0. The van der Waals surface area contributed by atoms with E-state index < -0.39 is 12.2 Å². The van der Waals surface area contributed by atoms with E-state index in [1.807, 2.05) is 0 Å². The van der Waals surface area contributed by atoms with Crippen molar-refractivity contribution in [2.24, 2.45) is 0 Å². The van der Waals surface area contributed by atoms with Gasteiger partial charge < -0.3 is 19.9 Å². The minimum Gasteiger partial charge on any atom is -0.446 e.